The summed E-state index contributed by atoms with van der Waals surface area (Å²) in [5.41, 5.74) is 7.22. The summed E-state index contributed by atoms with van der Waals surface area (Å²) in [7, 11) is 1.86. The van der Waals surface area contributed by atoms with Gasteiger partial charge in [-0.1, -0.05) is 18.2 Å². The van der Waals surface area contributed by atoms with Crippen LogP contribution < -0.4 is 31.9 Å². The van der Waals surface area contributed by atoms with E-state index in [0.717, 1.165) is 57.3 Å². The first-order chi connectivity index (χ1) is 44.4. The Morgan fingerprint density at radius 3 is 1.20 bits per heavy atom. The summed E-state index contributed by atoms with van der Waals surface area (Å²) in [6.45, 7) is 24.4. The molecule has 10 heterocycles. The average Bonchev–Trinajstić information content (AvgIpc) is 1.01. The third kappa shape index (κ3) is 15.2. The van der Waals surface area contributed by atoms with Gasteiger partial charge >= 0.3 is 0 Å². The number of benzene rings is 3. The summed E-state index contributed by atoms with van der Waals surface area (Å²) in [6, 6.07) is 17.4. The van der Waals surface area contributed by atoms with Gasteiger partial charge in [-0.15, -0.1) is 30.6 Å². The number of fused-ring (bicyclic) bond motifs is 1. The van der Waals surface area contributed by atoms with Crippen LogP contribution in [0, 0.1) is 0 Å². The monoisotopic (exact) mass is 1280 g/mol. The molecule has 13 rings (SSSR count). The number of aromatic amines is 2. The van der Waals surface area contributed by atoms with Gasteiger partial charge in [0.1, 0.15) is 46.7 Å². The highest BCUT2D eigenvalue weighted by molar-refractivity contribution is 5.82. The zero-order valence-electron chi connectivity index (χ0n) is 55.0. The zero-order valence-corrected chi connectivity index (χ0v) is 55.0. The second kappa shape index (κ2) is 25.6. The van der Waals surface area contributed by atoms with E-state index >= 15 is 0 Å². The molecule has 11 N–H and O–H groups in total. The van der Waals surface area contributed by atoms with Gasteiger partial charge in [0.25, 0.3) is 0 Å². The lowest BCUT2D eigenvalue weighted by Crippen LogP contribution is -2.67. The fourth-order valence-corrected chi connectivity index (χ4v) is 13.7. The van der Waals surface area contributed by atoms with Crippen molar-refractivity contribution in [1.29, 1.82) is 0 Å². The fraction of sp³-hybridized carbons (Fsp3) is 0.418. The molecule has 1 unspecified atom stereocenters. The minimum absolute atomic E-state index is 0.0252. The van der Waals surface area contributed by atoms with Gasteiger partial charge in [-0.3, -0.25) is 14.9 Å². The minimum atomic E-state index is -1.12. The number of nitrogens with zero attached hydrogens (tertiary/aromatic N) is 14. The molecular formula is C67H82F2N22O3. The van der Waals surface area contributed by atoms with Gasteiger partial charge in [-0.05, 0) is 168 Å². The van der Waals surface area contributed by atoms with Crippen LogP contribution in [0.15, 0.2) is 116 Å². The van der Waals surface area contributed by atoms with Crippen LogP contribution in [0.5, 0.6) is 17.2 Å². The lowest BCUT2D eigenvalue weighted by Gasteiger charge is -2.48. The number of hydrogen-bond donors (Lipinski definition) is 11. The fourth-order valence-electron chi connectivity index (χ4n) is 13.7. The number of aromatic hydroxyl groups is 3. The first-order valence-electron chi connectivity index (χ1n) is 31.2. The Kier molecular flexibility index (Phi) is 17.9. The Bertz CT molecular complexity index is 4050. The van der Waals surface area contributed by atoms with Crippen molar-refractivity contribution in [2.24, 2.45) is 7.05 Å². The molecule has 3 fully saturated rings. The van der Waals surface area contributed by atoms with Gasteiger partial charge < -0.3 is 47.2 Å². The number of aryl methyl sites for hydroxylation is 1. The van der Waals surface area contributed by atoms with Crippen LogP contribution in [0.25, 0.3) is 78.2 Å². The number of rotatable bonds is 12. The van der Waals surface area contributed by atoms with E-state index in [9.17, 15) is 24.1 Å². The van der Waals surface area contributed by atoms with Crippen molar-refractivity contribution < 1.29 is 24.1 Å². The van der Waals surface area contributed by atoms with Crippen molar-refractivity contribution in [2.75, 3.05) is 16.0 Å². The van der Waals surface area contributed by atoms with E-state index in [-0.39, 0.29) is 57.3 Å². The van der Waals surface area contributed by atoms with Crippen LogP contribution in [-0.4, -0.2) is 160 Å². The summed E-state index contributed by atoms with van der Waals surface area (Å²) in [6.07, 6.45) is 16.0. The summed E-state index contributed by atoms with van der Waals surface area (Å²) >= 11 is 0. The number of anilines is 3. The highest BCUT2D eigenvalue weighted by Gasteiger charge is 2.48. The number of alkyl halides is 2. The second-order valence-electron chi connectivity index (χ2n) is 28.4. The molecule has 4 atom stereocenters. The van der Waals surface area contributed by atoms with E-state index in [0.29, 0.717) is 52.6 Å². The first-order valence-corrected chi connectivity index (χ1v) is 31.2. The Hall–Kier alpha value is -9.73. The Balaban J connectivity index is 0.000000144. The Labute approximate surface area is 543 Å². The normalized spacial score (nSPS) is 20.8. The van der Waals surface area contributed by atoms with Crippen LogP contribution in [0.4, 0.5) is 26.6 Å². The molecule has 0 amide bonds. The highest BCUT2D eigenvalue weighted by atomic mass is 19.1. The standard InChI is InChI=1S/C25H30N8O.2C21H26FN7O/c1-24(2)10-18(11-25(3,4)32-24)29-23-27-14-20(30-31-23)19-7-6-15(9-21(19)34)16-8-17-13-28-33(5)22(17)26-12-16;2*1-20(2)8-15(18(22)21(3,4)29-20)26-19-23-11-16(27-28-19)14-6-5-12(7-17(14)30)13-9-24-25-10-13/h6-9,12-14,18,32,34H,10-11H2,1-5H3,(H,27,29,31);2*5-7,9-11,15,18,29-30H,8H2,1-4H3,(H,24,25)(H,23,26,28)/t;15?,18-;15-,18-/m.01/s1. The molecule has 0 spiro atoms. The Morgan fingerprint density at radius 2 is 0.830 bits per heavy atom. The van der Waals surface area contributed by atoms with Crippen molar-refractivity contribution in [3.8, 4) is 84.4 Å². The van der Waals surface area contributed by atoms with E-state index in [1.807, 2.05) is 92.8 Å². The van der Waals surface area contributed by atoms with Crippen molar-refractivity contribution in [3.63, 3.8) is 0 Å². The lowest BCUT2D eigenvalue weighted by molar-refractivity contribution is 0.0653. The summed E-state index contributed by atoms with van der Waals surface area (Å²) < 4.78 is 31.7. The molecule has 27 heteroatoms. The topological polar surface area (TPSA) is 337 Å². The number of phenols is 3. The molecule has 3 saturated heterocycles. The zero-order chi connectivity index (χ0) is 67.1. The number of pyridine rings is 1. The third-order valence-corrected chi connectivity index (χ3v) is 17.1. The molecule has 0 saturated carbocycles. The number of halogens is 2. The molecule has 0 aliphatic carbocycles. The molecule has 3 aromatic carbocycles. The number of phenolic OH excluding ortho intramolecular Hbond substituents is 3. The van der Waals surface area contributed by atoms with E-state index in [4.69, 9.17) is 0 Å². The van der Waals surface area contributed by atoms with Gasteiger partial charge in [-0.25, -0.2) is 28.7 Å². The maximum atomic E-state index is 15.0. The van der Waals surface area contributed by atoms with E-state index in [1.165, 1.54) is 12.4 Å². The van der Waals surface area contributed by atoms with Crippen LogP contribution in [0.3, 0.4) is 0 Å². The van der Waals surface area contributed by atoms with Gasteiger partial charge in [0, 0.05) is 104 Å². The number of nitrogens with one attached hydrogen (secondary N) is 8. The summed E-state index contributed by atoms with van der Waals surface area (Å²) in [4.78, 5) is 17.5. The quantitative estimate of drug-likeness (QED) is 0.0541. The van der Waals surface area contributed by atoms with E-state index in [1.54, 1.807) is 78.4 Å². The molecule has 492 valence electrons. The summed E-state index contributed by atoms with van der Waals surface area (Å²) in [5, 5.41) is 95.2. The number of piperidine rings is 3. The first kappa shape index (κ1) is 65.8. The van der Waals surface area contributed by atoms with Gasteiger partial charge in [0.15, 0.2) is 5.65 Å². The molecule has 3 aliphatic heterocycles. The minimum Gasteiger partial charge on any atom is -0.507 e. The molecule has 0 radical (unpaired) electrons. The lowest BCUT2D eigenvalue weighted by atomic mass is 9.78. The van der Waals surface area contributed by atoms with E-state index in [2.05, 4.69) is 136 Å². The van der Waals surface area contributed by atoms with Crippen molar-refractivity contribution in [1.82, 2.24) is 96.7 Å². The number of hydrogen-bond acceptors (Lipinski definition) is 22. The predicted molar refractivity (Wildman–Crippen MR) is 358 cm³/mol. The molecule has 3 aliphatic rings. The van der Waals surface area contributed by atoms with Gasteiger partial charge in [-0.2, -0.15) is 15.3 Å². The molecule has 94 heavy (non-hydrogen) atoms. The third-order valence-electron chi connectivity index (χ3n) is 17.1. The van der Waals surface area contributed by atoms with Crippen LogP contribution >= 0.6 is 0 Å². The Morgan fingerprint density at radius 1 is 0.436 bits per heavy atom. The van der Waals surface area contributed by atoms with Crippen molar-refractivity contribution in [3.05, 3.63) is 116 Å². The van der Waals surface area contributed by atoms with Crippen molar-refractivity contribution in [2.45, 2.75) is 172 Å². The molecule has 0 bridgehead atoms. The highest BCUT2D eigenvalue weighted by Crippen LogP contribution is 2.39. The molecule has 10 aromatic rings. The largest absolute Gasteiger partial charge is 0.507 e. The maximum absolute atomic E-state index is 15.0. The molecular weight excluding hydrogens is 1200 g/mol. The summed E-state index contributed by atoms with van der Waals surface area (Å²) in [5.74, 6) is 1.26. The number of aromatic nitrogens is 16. The van der Waals surface area contributed by atoms with E-state index < -0.39 is 35.5 Å². The average molecular weight is 1280 g/mol. The maximum Gasteiger partial charge on any atom is 0.243 e. The van der Waals surface area contributed by atoms with Gasteiger partial charge in [0.2, 0.25) is 17.8 Å². The number of H-pyrrole nitrogens is 2. The smallest absolute Gasteiger partial charge is 0.243 e. The molecule has 7 aromatic heterocycles. The van der Waals surface area contributed by atoms with Crippen LogP contribution in [-0.2, 0) is 7.05 Å². The van der Waals surface area contributed by atoms with Crippen molar-refractivity contribution >= 4 is 28.9 Å². The second-order valence-corrected chi connectivity index (χ2v) is 28.4. The predicted octanol–water partition coefficient (Wildman–Crippen LogP) is 10.5. The molecule has 25 nitrogen and oxygen atoms in total. The van der Waals surface area contributed by atoms with Crippen LogP contribution in [0.1, 0.15) is 109 Å². The van der Waals surface area contributed by atoms with Crippen LogP contribution in [0.2, 0.25) is 0 Å². The van der Waals surface area contributed by atoms with Gasteiger partial charge in [0.05, 0.1) is 49.3 Å². The SMILES string of the molecule is CC1(C)CC(Nc2ncc(-c3ccc(-c4cn[nH]c4)cc3O)nn2)[C@H](F)C(C)(C)N1.CC1(C)C[C@@H](Nc2ncc(-c3ccc(-c4cn[nH]c4)cc3O)nn2)[C@@H](F)C(C)(C)N1.Cn1ncc2cc(-c3ccc(-c4cnc(NC5CC(C)(C)NC(C)(C)C5)nn4)c(O)c3)cnc21.